The first-order valence-corrected chi connectivity index (χ1v) is 8.84. The smallest absolute Gasteiger partial charge is 0.279 e. The van der Waals surface area contributed by atoms with Crippen molar-refractivity contribution in [2.75, 3.05) is 0 Å². The van der Waals surface area contributed by atoms with Gasteiger partial charge in [-0.05, 0) is 23.8 Å². The fourth-order valence-corrected chi connectivity index (χ4v) is 3.02. The molecule has 7 nitrogen and oxygen atoms in total. The second-order valence-electron chi connectivity index (χ2n) is 6.81. The number of imidazole rings is 1. The third kappa shape index (κ3) is 3.23. The summed E-state index contributed by atoms with van der Waals surface area (Å²) in [4.78, 5) is 17.0. The Balaban J connectivity index is 1.63. The number of fused-ring (bicyclic) bond motifs is 1. The predicted octanol–water partition coefficient (Wildman–Crippen LogP) is 3.19. The van der Waals surface area contributed by atoms with Crippen molar-refractivity contribution in [2.45, 2.75) is 26.3 Å². The molecule has 0 amide bonds. The molecule has 7 heteroatoms. The van der Waals surface area contributed by atoms with Crippen LogP contribution >= 0.6 is 0 Å². The van der Waals surface area contributed by atoms with Crippen molar-refractivity contribution in [3.8, 4) is 11.6 Å². The lowest BCUT2D eigenvalue weighted by molar-refractivity contribution is 0.430. The second kappa shape index (κ2) is 6.75. The Morgan fingerprint density at radius 3 is 2.63 bits per heavy atom. The highest BCUT2D eigenvalue weighted by molar-refractivity contribution is 5.46. The fraction of sp³-hybridized carbons (Fsp3) is 0.250. The first-order chi connectivity index (χ1) is 13.0. The van der Waals surface area contributed by atoms with Crippen molar-refractivity contribution in [3.05, 3.63) is 76.9 Å². The maximum Gasteiger partial charge on any atom is 0.279 e. The molecular weight excluding hydrogens is 342 g/mol. The molecule has 0 unspecified atom stereocenters. The Hall–Kier alpha value is -3.35. The van der Waals surface area contributed by atoms with Crippen molar-refractivity contribution >= 4 is 5.52 Å². The molecule has 3 heterocycles. The highest BCUT2D eigenvalue weighted by atomic mass is 16.5. The number of rotatable bonds is 5. The number of nitrogens with zero attached hydrogens (tertiary/aromatic N) is 5. The van der Waals surface area contributed by atoms with Gasteiger partial charge in [0.15, 0.2) is 0 Å². The average Bonchev–Trinajstić information content (AvgIpc) is 3.30. The van der Waals surface area contributed by atoms with Gasteiger partial charge in [0.2, 0.25) is 5.88 Å². The Bertz CT molecular complexity index is 1120. The Kier molecular flexibility index (Phi) is 4.27. The molecule has 4 rings (SSSR count). The van der Waals surface area contributed by atoms with E-state index in [2.05, 4.69) is 10.1 Å². The molecule has 138 valence electrons. The molecule has 0 saturated carbocycles. The zero-order valence-electron chi connectivity index (χ0n) is 15.5. The summed E-state index contributed by atoms with van der Waals surface area (Å²) >= 11 is 0. The van der Waals surface area contributed by atoms with Gasteiger partial charge in [-0.3, -0.25) is 18.4 Å². The first-order valence-electron chi connectivity index (χ1n) is 8.84. The van der Waals surface area contributed by atoms with E-state index in [1.54, 1.807) is 19.4 Å². The van der Waals surface area contributed by atoms with Crippen molar-refractivity contribution in [2.24, 2.45) is 7.05 Å². The molecule has 27 heavy (non-hydrogen) atoms. The van der Waals surface area contributed by atoms with E-state index >= 15 is 0 Å². The largest absolute Gasteiger partial charge is 0.439 e. The third-order valence-electron chi connectivity index (χ3n) is 4.49. The van der Waals surface area contributed by atoms with Crippen molar-refractivity contribution < 1.29 is 4.74 Å². The van der Waals surface area contributed by atoms with Gasteiger partial charge in [0, 0.05) is 25.4 Å². The molecule has 0 radical (unpaired) electrons. The Labute approximate surface area is 156 Å². The van der Waals surface area contributed by atoms with E-state index in [1.807, 2.05) is 65.7 Å². The van der Waals surface area contributed by atoms with Crippen molar-refractivity contribution in [1.82, 2.24) is 23.7 Å². The molecule has 4 aromatic rings. The molecule has 0 spiro atoms. The molecule has 1 aromatic carbocycles. The quantitative estimate of drug-likeness (QED) is 0.546. The van der Waals surface area contributed by atoms with Crippen LogP contribution in [-0.2, 0) is 13.6 Å². The van der Waals surface area contributed by atoms with E-state index in [9.17, 15) is 4.79 Å². The maximum atomic E-state index is 12.6. The molecule has 0 aliphatic carbocycles. The molecule has 0 atom stereocenters. The lowest BCUT2D eigenvalue weighted by atomic mass is 10.2. The molecule has 3 aromatic heterocycles. The van der Waals surface area contributed by atoms with Gasteiger partial charge >= 0.3 is 0 Å². The minimum Gasteiger partial charge on any atom is -0.439 e. The first kappa shape index (κ1) is 17.1. The zero-order valence-corrected chi connectivity index (χ0v) is 15.5. The minimum atomic E-state index is -0.137. The van der Waals surface area contributed by atoms with Crippen LogP contribution in [0, 0.1) is 0 Å². The van der Waals surface area contributed by atoms with Crippen LogP contribution in [0.5, 0.6) is 11.6 Å². The number of ether oxygens (including phenoxy) is 1. The number of benzene rings is 1. The summed E-state index contributed by atoms with van der Waals surface area (Å²) in [7, 11) is 1.70. The summed E-state index contributed by atoms with van der Waals surface area (Å²) in [5, 5.41) is 4.21. The van der Waals surface area contributed by atoms with Crippen LogP contribution in [0.15, 0.2) is 59.9 Å². The van der Waals surface area contributed by atoms with Crippen LogP contribution in [0.2, 0.25) is 0 Å². The van der Waals surface area contributed by atoms with Gasteiger partial charge in [0.1, 0.15) is 17.1 Å². The average molecular weight is 363 g/mol. The van der Waals surface area contributed by atoms with Gasteiger partial charge in [-0.25, -0.2) is 4.98 Å². The molecular formula is C20H21N5O2. The van der Waals surface area contributed by atoms with E-state index in [1.165, 1.54) is 4.57 Å². The Morgan fingerprint density at radius 2 is 1.96 bits per heavy atom. The van der Waals surface area contributed by atoms with Gasteiger partial charge < -0.3 is 4.74 Å². The van der Waals surface area contributed by atoms with Gasteiger partial charge in [0.05, 0.1) is 18.9 Å². The summed E-state index contributed by atoms with van der Waals surface area (Å²) in [6.07, 6.45) is 7.12. The van der Waals surface area contributed by atoms with Gasteiger partial charge in [-0.1, -0.05) is 26.0 Å². The molecule has 0 aliphatic heterocycles. The highest BCUT2D eigenvalue weighted by Crippen LogP contribution is 2.22. The molecule has 0 fully saturated rings. The van der Waals surface area contributed by atoms with Gasteiger partial charge in [-0.15, -0.1) is 0 Å². The monoisotopic (exact) mass is 363 g/mol. The summed E-state index contributed by atoms with van der Waals surface area (Å²) in [6.45, 7) is 4.79. The van der Waals surface area contributed by atoms with Crippen LogP contribution in [0.4, 0.5) is 0 Å². The van der Waals surface area contributed by atoms with Crippen molar-refractivity contribution in [1.29, 1.82) is 0 Å². The van der Waals surface area contributed by atoms with Crippen LogP contribution in [0.3, 0.4) is 0 Å². The van der Waals surface area contributed by atoms with Crippen LogP contribution in [0.25, 0.3) is 5.52 Å². The van der Waals surface area contributed by atoms with E-state index in [0.717, 1.165) is 11.4 Å². The van der Waals surface area contributed by atoms with Crippen molar-refractivity contribution in [3.63, 3.8) is 0 Å². The lowest BCUT2D eigenvalue weighted by Crippen LogP contribution is -2.20. The fourth-order valence-electron chi connectivity index (χ4n) is 3.02. The van der Waals surface area contributed by atoms with E-state index in [4.69, 9.17) is 4.74 Å². The maximum absolute atomic E-state index is 12.6. The number of hydrogen-bond acceptors (Lipinski definition) is 4. The summed E-state index contributed by atoms with van der Waals surface area (Å²) in [5.41, 5.74) is 1.53. The lowest BCUT2D eigenvalue weighted by Gasteiger charge is -2.13. The minimum absolute atomic E-state index is 0.137. The molecule has 0 bridgehead atoms. The highest BCUT2D eigenvalue weighted by Gasteiger charge is 2.14. The van der Waals surface area contributed by atoms with Gasteiger partial charge in [-0.2, -0.15) is 5.10 Å². The summed E-state index contributed by atoms with van der Waals surface area (Å²) in [5.74, 6) is 2.17. The second-order valence-corrected chi connectivity index (χ2v) is 6.81. The molecule has 0 N–H and O–H groups in total. The summed E-state index contributed by atoms with van der Waals surface area (Å²) < 4.78 is 11.2. The molecule has 0 saturated heterocycles. The standard InChI is InChI=1S/C20H21N5O2/c1-14(2)19-21-11-17-20(26)23(3)18(13-25(17)19)27-16-7-5-15(6-8-16)12-24-10-4-9-22-24/h4-11,13-14H,12H2,1-3H3. The predicted molar refractivity (Wildman–Crippen MR) is 102 cm³/mol. The normalized spacial score (nSPS) is 11.4. The summed E-state index contributed by atoms with van der Waals surface area (Å²) in [6, 6.07) is 9.67. The van der Waals surface area contributed by atoms with Crippen LogP contribution in [0.1, 0.15) is 31.2 Å². The molecule has 0 aliphatic rings. The van der Waals surface area contributed by atoms with E-state index in [-0.39, 0.29) is 11.5 Å². The third-order valence-corrected chi connectivity index (χ3v) is 4.49. The topological polar surface area (TPSA) is 66.4 Å². The van der Waals surface area contributed by atoms with Gasteiger partial charge in [0.25, 0.3) is 5.56 Å². The van der Waals surface area contributed by atoms with E-state index < -0.39 is 0 Å². The van der Waals surface area contributed by atoms with Crippen LogP contribution < -0.4 is 10.3 Å². The SMILES string of the molecule is CC(C)c1ncc2c(=O)n(C)c(Oc3ccc(Cn4cccn4)cc3)cn12. The number of aromatic nitrogens is 5. The zero-order chi connectivity index (χ0) is 19.0. The Morgan fingerprint density at radius 1 is 1.19 bits per heavy atom. The van der Waals surface area contributed by atoms with E-state index in [0.29, 0.717) is 23.7 Å². The number of hydrogen-bond donors (Lipinski definition) is 0. The van der Waals surface area contributed by atoms with Crippen LogP contribution in [-0.4, -0.2) is 23.7 Å².